The van der Waals surface area contributed by atoms with E-state index >= 15 is 0 Å². The van der Waals surface area contributed by atoms with Gasteiger partial charge in [-0.25, -0.2) is 0 Å². The fourth-order valence-electron chi connectivity index (χ4n) is 0. The van der Waals surface area contributed by atoms with Gasteiger partial charge in [-0.05, 0) is 0 Å². The van der Waals surface area contributed by atoms with Gasteiger partial charge in [0.05, 0.1) is 0 Å². The van der Waals surface area contributed by atoms with E-state index in [2.05, 4.69) is 0 Å². The van der Waals surface area contributed by atoms with E-state index in [1.54, 1.807) is 0 Å². The molecule has 96 valence electrons. The molecular formula is Cr3K6O12. The summed E-state index contributed by atoms with van der Waals surface area (Å²) in [7, 11) is 0. The van der Waals surface area contributed by atoms with Gasteiger partial charge in [-0.3, -0.25) is 0 Å². The Morgan fingerprint density at radius 3 is 0.333 bits per heavy atom. The monoisotopic (exact) mass is 582 g/mol. The summed E-state index contributed by atoms with van der Waals surface area (Å²) in [4.78, 5) is 0. The summed E-state index contributed by atoms with van der Waals surface area (Å²) in [6.07, 6.45) is 0. The molecule has 0 aromatic heterocycles. The number of hydrogen-bond acceptors (Lipinski definition) is 12. The summed E-state index contributed by atoms with van der Waals surface area (Å²) in [5.74, 6) is 0. The molecule has 0 rings (SSSR count). The SMILES string of the molecule is [K+].[K+].[K+].[K+].[K+].[K+].[O]=[Cr](=[O])([O-])[O-].[O]=[Cr](=[O])([O-])[O-].[O]=[Cr](=[O])([O-])[O-]. The molecule has 0 aliphatic rings. The Morgan fingerprint density at radius 1 is 0.333 bits per heavy atom. The third kappa shape index (κ3) is 236. The topological polar surface area (TPSA) is 241 Å². The first-order valence-electron chi connectivity index (χ1n) is 2.00. The van der Waals surface area contributed by atoms with Gasteiger partial charge in [-0.15, -0.1) is 0 Å². The third-order valence-electron chi connectivity index (χ3n) is 0. The molecule has 0 fully saturated rings. The average Bonchev–Trinajstić information content (AvgIpc) is 1.41. The molecule has 0 unspecified atom stereocenters. The van der Waals surface area contributed by atoms with E-state index in [0.29, 0.717) is 0 Å². The van der Waals surface area contributed by atoms with Gasteiger partial charge in [0.1, 0.15) is 0 Å². The fraction of sp³-hybridized carbons (Fsp3) is 0. The Morgan fingerprint density at radius 2 is 0.333 bits per heavy atom. The maximum atomic E-state index is 8.59. The normalized spacial score (nSPS) is 8.29. The zero-order chi connectivity index (χ0) is 13.5. The molecule has 0 aromatic rings. The molecule has 0 bridgehead atoms. The Hall–Kier alpha value is 9.98. The van der Waals surface area contributed by atoms with Crippen molar-refractivity contribution in [3.63, 3.8) is 0 Å². The summed E-state index contributed by atoms with van der Waals surface area (Å²) in [6.45, 7) is 0. The van der Waals surface area contributed by atoms with Crippen molar-refractivity contribution in [1.82, 2.24) is 0 Å². The summed E-state index contributed by atoms with van der Waals surface area (Å²) < 4.78 is 103. The van der Waals surface area contributed by atoms with Crippen molar-refractivity contribution in [3.05, 3.63) is 0 Å². The van der Waals surface area contributed by atoms with E-state index < -0.39 is 40.8 Å². The Labute approximate surface area is 382 Å². The first-order valence-corrected chi connectivity index (χ1v) is 8.25. The second-order valence-electron chi connectivity index (χ2n) is 1.22. The van der Waals surface area contributed by atoms with Gasteiger partial charge in [0.15, 0.2) is 0 Å². The molecule has 0 radical (unpaired) electrons. The molecule has 21 heteroatoms. The Kier molecular flexibility index (Phi) is 88.3. The summed E-state index contributed by atoms with van der Waals surface area (Å²) in [5.41, 5.74) is 0. The molecular weight excluding hydrogens is 583 g/mol. The molecule has 0 amide bonds. The number of rotatable bonds is 0. The van der Waals surface area contributed by atoms with Crippen molar-refractivity contribution in [2.75, 3.05) is 0 Å². The molecule has 0 spiro atoms. The molecule has 0 N–H and O–H groups in total. The third-order valence-corrected chi connectivity index (χ3v) is 0. The molecule has 0 aromatic carbocycles. The quantitative estimate of drug-likeness (QED) is 0.242. The first-order chi connectivity index (χ1) is 6.00. The van der Waals surface area contributed by atoms with Crippen LogP contribution in [0.3, 0.4) is 0 Å². The van der Waals surface area contributed by atoms with E-state index in [-0.39, 0.29) is 308 Å². The van der Waals surface area contributed by atoms with Crippen LogP contribution < -0.4 is 333 Å². The molecule has 0 saturated carbocycles. The van der Waals surface area contributed by atoms with Crippen molar-refractivity contribution in [3.8, 4) is 0 Å². The molecule has 0 heterocycles. The average molecular weight is 583 g/mol. The standard InChI is InChI=1S/3Cr.6K.12O/q;;;6*+1;;;;;;;6*-1. The molecule has 0 aliphatic heterocycles. The zero-order valence-corrected chi connectivity index (χ0v) is 34.7. The predicted molar refractivity (Wildman–Crippen MR) is 4.12 cm³/mol. The van der Waals surface area contributed by atoms with Crippen molar-refractivity contribution in [2.24, 2.45) is 0 Å². The Bertz CT molecular complexity index is 350. The van der Waals surface area contributed by atoms with Crippen LogP contribution in [-0.2, 0) is 63.7 Å². The van der Waals surface area contributed by atoms with Crippen LogP contribution >= 0.6 is 0 Å². The first kappa shape index (κ1) is 57.6. The van der Waals surface area contributed by atoms with Gasteiger partial charge in [-0.2, -0.15) is 0 Å². The van der Waals surface area contributed by atoms with Crippen molar-refractivity contribution in [1.29, 1.82) is 0 Å². The second kappa shape index (κ2) is 32.2. The van der Waals surface area contributed by atoms with Crippen LogP contribution in [0, 0.1) is 0 Å². The van der Waals surface area contributed by atoms with E-state index in [9.17, 15) is 0 Å². The zero-order valence-electron chi connectivity index (χ0n) is 12.1. The van der Waals surface area contributed by atoms with Gasteiger partial charge >= 0.3 is 397 Å². The predicted octanol–water partition coefficient (Wildman–Crippen LogP) is -25.8. The van der Waals surface area contributed by atoms with Gasteiger partial charge in [0.25, 0.3) is 0 Å². The van der Waals surface area contributed by atoms with Gasteiger partial charge < -0.3 is 0 Å². The van der Waals surface area contributed by atoms with E-state index in [1.807, 2.05) is 0 Å². The van der Waals surface area contributed by atoms with Crippen molar-refractivity contribution < 1.29 is 397 Å². The molecule has 0 aliphatic carbocycles. The van der Waals surface area contributed by atoms with Crippen LogP contribution in [0.2, 0.25) is 0 Å². The van der Waals surface area contributed by atoms with Crippen LogP contribution in [0.1, 0.15) is 0 Å². The van der Waals surface area contributed by atoms with Gasteiger partial charge in [0.2, 0.25) is 0 Å². The summed E-state index contributed by atoms with van der Waals surface area (Å²) in [6, 6.07) is 0. The van der Waals surface area contributed by atoms with E-state index in [4.69, 9.17) is 47.8 Å². The van der Waals surface area contributed by atoms with Gasteiger partial charge in [-0.1, -0.05) is 0 Å². The second-order valence-corrected chi connectivity index (χ2v) is 5.05. The minimum atomic E-state index is -5.75. The van der Waals surface area contributed by atoms with E-state index in [1.165, 1.54) is 0 Å². The molecule has 0 saturated heterocycles. The van der Waals surface area contributed by atoms with Crippen LogP contribution in [0.15, 0.2) is 0 Å². The molecule has 12 nitrogen and oxygen atoms in total. The summed E-state index contributed by atoms with van der Waals surface area (Å²) >= 11 is -17.2. The maximum absolute atomic E-state index is 8.59. The fourth-order valence-corrected chi connectivity index (χ4v) is 0. The Balaban J connectivity index is -0.0000000129. The van der Waals surface area contributed by atoms with Crippen molar-refractivity contribution in [2.45, 2.75) is 0 Å². The minimum absolute atomic E-state index is 0. The van der Waals surface area contributed by atoms with Crippen LogP contribution in [0.25, 0.3) is 0 Å². The van der Waals surface area contributed by atoms with Gasteiger partial charge in [0, 0.05) is 0 Å². The molecule has 0 atom stereocenters. The van der Waals surface area contributed by atoms with Crippen LogP contribution in [0.4, 0.5) is 0 Å². The summed E-state index contributed by atoms with van der Waals surface area (Å²) in [5, 5.41) is 0. The number of hydrogen-bond donors (Lipinski definition) is 0. The molecule has 21 heavy (non-hydrogen) atoms. The van der Waals surface area contributed by atoms with Crippen LogP contribution in [0.5, 0.6) is 0 Å². The van der Waals surface area contributed by atoms with Crippen LogP contribution in [-0.4, -0.2) is 0 Å². The van der Waals surface area contributed by atoms with Crippen molar-refractivity contribution >= 4 is 0 Å². The van der Waals surface area contributed by atoms with E-state index in [0.717, 1.165) is 0 Å².